The average Bonchev–Trinajstić information content (AvgIpc) is 3.29. The van der Waals surface area contributed by atoms with Gasteiger partial charge < -0.3 is 15.7 Å². The number of carbonyl (C=O) groups is 2. The van der Waals surface area contributed by atoms with Crippen LogP contribution in [0, 0.1) is 5.92 Å². The van der Waals surface area contributed by atoms with Crippen molar-refractivity contribution in [3.8, 4) is 0 Å². The molecule has 1 aliphatic rings. The van der Waals surface area contributed by atoms with Gasteiger partial charge in [0, 0.05) is 13.1 Å². The van der Waals surface area contributed by atoms with E-state index in [0.29, 0.717) is 12.1 Å². The van der Waals surface area contributed by atoms with E-state index in [0.717, 1.165) is 12.3 Å². The Hall–Kier alpha value is -2.04. The van der Waals surface area contributed by atoms with E-state index in [4.69, 9.17) is 0 Å². The number of urea groups is 1. The minimum Gasteiger partial charge on any atom is -0.481 e. The Morgan fingerprint density at radius 2 is 1.90 bits per heavy atom. The predicted molar refractivity (Wildman–Crippen MR) is 80.2 cm³/mol. The summed E-state index contributed by atoms with van der Waals surface area (Å²) in [5.74, 6) is -0.789. The largest absolute Gasteiger partial charge is 0.481 e. The van der Waals surface area contributed by atoms with Gasteiger partial charge in [-0.3, -0.25) is 4.79 Å². The first-order valence-corrected chi connectivity index (χ1v) is 7.46. The fourth-order valence-corrected chi connectivity index (χ4v) is 2.29. The summed E-state index contributed by atoms with van der Waals surface area (Å²) in [5.41, 5.74) is 0.694. The maximum absolute atomic E-state index is 11.6. The molecule has 0 radical (unpaired) electrons. The van der Waals surface area contributed by atoms with Gasteiger partial charge in [0.15, 0.2) is 0 Å². The molecule has 5 heteroatoms. The molecule has 1 aromatic rings. The number of carboxylic acid groups (broad SMARTS) is 1. The van der Waals surface area contributed by atoms with Crippen LogP contribution in [0.2, 0.25) is 0 Å². The zero-order valence-electron chi connectivity index (χ0n) is 12.0. The highest BCUT2D eigenvalue weighted by atomic mass is 16.4. The summed E-state index contributed by atoms with van der Waals surface area (Å²) in [4.78, 5) is 22.9. The van der Waals surface area contributed by atoms with Crippen molar-refractivity contribution in [3.63, 3.8) is 0 Å². The van der Waals surface area contributed by atoms with Crippen LogP contribution in [0.4, 0.5) is 4.79 Å². The molecule has 2 rings (SSSR count). The van der Waals surface area contributed by atoms with Crippen molar-refractivity contribution in [1.29, 1.82) is 0 Å². The Bertz CT molecular complexity index is 472. The van der Waals surface area contributed by atoms with Crippen LogP contribution in [0.1, 0.15) is 37.2 Å². The topological polar surface area (TPSA) is 78.4 Å². The summed E-state index contributed by atoms with van der Waals surface area (Å²) >= 11 is 0. The fraction of sp³-hybridized carbons (Fsp3) is 0.500. The summed E-state index contributed by atoms with van der Waals surface area (Å²) in [6, 6.07) is 8.64. The number of nitrogens with one attached hydrogen (secondary N) is 2. The minimum atomic E-state index is -0.935. The fourth-order valence-electron chi connectivity index (χ4n) is 2.29. The number of rotatable bonds is 8. The lowest BCUT2D eigenvalue weighted by atomic mass is 9.99. The van der Waals surface area contributed by atoms with Gasteiger partial charge >= 0.3 is 12.0 Å². The zero-order chi connectivity index (χ0) is 15.1. The first-order chi connectivity index (χ1) is 10.2. The SMILES string of the molecule is O=C(NCCCC1CC1)NCC(C(=O)O)c1ccccc1. The van der Waals surface area contributed by atoms with Crippen molar-refractivity contribution >= 4 is 12.0 Å². The molecule has 1 saturated carbocycles. The number of hydrogen-bond donors (Lipinski definition) is 3. The lowest BCUT2D eigenvalue weighted by molar-refractivity contribution is -0.138. The van der Waals surface area contributed by atoms with Crippen LogP contribution < -0.4 is 10.6 Å². The van der Waals surface area contributed by atoms with E-state index in [2.05, 4.69) is 10.6 Å². The number of hydrogen-bond acceptors (Lipinski definition) is 2. The van der Waals surface area contributed by atoms with Crippen molar-refractivity contribution in [1.82, 2.24) is 10.6 Å². The maximum atomic E-state index is 11.6. The second kappa shape index (κ2) is 7.67. The lowest BCUT2D eigenvalue weighted by Gasteiger charge is -2.14. The number of benzene rings is 1. The van der Waals surface area contributed by atoms with E-state index in [-0.39, 0.29) is 12.6 Å². The molecule has 21 heavy (non-hydrogen) atoms. The first-order valence-electron chi connectivity index (χ1n) is 7.46. The minimum absolute atomic E-state index is 0.0911. The Morgan fingerprint density at radius 1 is 1.19 bits per heavy atom. The Labute approximate surface area is 124 Å². The van der Waals surface area contributed by atoms with E-state index < -0.39 is 11.9 Å². The lowest BCUT2D eigenvalue weighted by Crippen LogP contribution is -2.39. The molecule has 0 saturated heterocycles. The van der Waals surface area contributed by atoms with Crippen molar-refractivity contribution < 1.29 is 14.7 Å². The van der Waals surface area contributed by atoms with E-state index in [1.54, 1.807) is 24.3 Å². The molecule has 1 fully saturated rings. The van der Waals surface area contributed by atoms with Crippen molar-refractivity contribution in [3.05, 3.63) is 35.9 Å². The Morgan fingerprint density at radius 3 is 2.52 bits per heavy atom. The molecule has 0 aromatic heterocycles. The van der Waals surface area contributed by atoms with Crippen LogP contribution in [0.3, 0.4) is 0 Å². The van der Waals surface area contributed by atoms with E-state index in [9.17, 15) is 14.7 Å². The summed E-state index contributed by atoms with van der Waals surface area (Å²) in [7, 11) is 0. The first kappa shape index (κ1) is 15.4. The van der Waals surface area contributed by atoms with Crippen LogP contribution >= 0.6 is 0 Å². The normalized spacial score (nSPS) is 15.2. The van der Waals surface area contributed by atoms with Gasteiger partial charge in [-0.25, -0.2) is 4.79 Å². The van der Waals surface area contributed by atoms with E-state index >= 15 is 0 Å². The Balaban J connectivity index is 1.70. The highest BCUT2D eigenvalue weighted by Gasteiger charge is 2.21. The highest BCUT2D eigenvalue weighted by Crippen LogP contribution is 2.33. The molecule has 1 aliphatic carbocycles. The number of amides is 2. The average molecular weight is 290 g/mol. The molecule has 0 aliphatic heterocycles. The molecule has 0 heterocycles. The monoisotopic (exact) mass is 290 g/mol. The highest BCUT2D eigenvalue weighted by molar-refractivity contribution is 5.79. The van der Waals surface area contributed by atoms with Gasteiger partial charge in [-0.1, -0.05) is 43.2 Å². The summed E-state index contributed by atoms with van der Waals surface area (Å²) < 4.78 is 0. The summed E-state index contributed by atoms with van der Waals surface area (Å²) in [6.45, 7) is 0.735. The molecule has 3 N–H and O–H groups in total. The van der Waals surface area contributed by atoms with Gasteiger partial charge in [-0.05, 0) is 24.3 Å². The Kier molecular flexibility index (Phi) is 5.60. The number of carbonyl (C=O) groups excluding carboxylic acids is 1. The van der Waals surface area contributed by atoms with Gasteiger partial charge in [-0.15, -0.1) is 0 Å². The van der Waals surface area contributed by atoms with Crippen LogP contribution in [0.15, 0.2) is 30.3 Å². The second-order valence-corrected chi connectivity index (χ2v) is 5.52. The molecule has 2 amide bonds. The second-order valence-electron chi connectivity index (χ2n) is 5.52. The molecule has 5 nitrogen and oxygen atoms in total. The molecule has 1 atom stereocenters. The third-order valence-electron chi connectivity index (χ3n) is 3.74. The molecular weight excluding hydrogens is 268 g/mol. The van der Waals surface area contributed by atoms with E-state index in [1.807, 2.05) is 6.07 Å². The van der Waals surface area contributed by atoms with Crippen LogP contribution in [-0.2, 0) is 4.79 Å². The molecule has 1 aromatic carbocycles. The standard InChI is InChI=1S/C16H22N2O3/c19-15(20)14(13-6-2-1-3-7-13)11-18-16(21)17-10-4-5-12-8-9-12/h1-3,6-7,12,14H,4-5,8-11H2,(H,19,20)(H2,17,18,21). The van der Waals surface area contributed by atoms with E-state index in [1.165, 1.54) is 19.3 Å². The van der Waals surface area contributed by atoms with Gasteiger partial charge in [0.2, 0.25) is 0 Å². The quantitative estimate of drug-likeness (QED) is 0.643. The zero-order valence-corrected chi connectivity index (χ0v) is 12.0. The summed E-state index contributed by atoms with van der Waals surface area (Å²) in [6.07, 6.45) is 4.80. The van der Waals surface area contributed by atoms with Crippen molar-refractivity contribution in [2.24, 2.45) is 5.92 Å². The molecule has 1 unspecified atom stereocenters. The number of aliphatic carboxylic acids is 1. The molecule has 0 spiro atoms. The van der Waals surface area contributed by atoms with Crippen LogP contribution in [0.25, 0.3) is 0 Å². The third-order valence-corrected chi connectivity index (χ3v) is 3.74. The van der Waals surface area contributed by atoms with Crippen LogP contribution in [0.5, 0.6) is 0 Å². The molecule has 114 valence electrons. The van der Waals surface area contributed by atoms with Gasteiger partial charge in [0.1, 0.15) is 0 Å². The summed E-state index contributed by atoms with van der Waals surface area (Å²) in [5, 5.41) is 14.7. The van der Waals surface area contributed by atoms with Crippen molar-refractivity contribution in [2.75, 3.05) is 13.1 Å². The van der Waals surface area contributed by atoms with Gasteiger partial charge in [0.25, 0.3) is 0 Å². The molecule has 0 bridgehead atoms. The van der Waals surface area contributed by atoms with Gasteiger partial charge in [0.05, 0.1) is 5.92 Å². The number of carboxylic acids is 1. The smallest absolute Gasteiger partial charge is 0.314 e. The maximum Gasteiger partial charge on any atom is 0.314 e. The predicted octanol–water partition coefficient (Wildman–Crippen LogP) is 2.34. The van der Waals surface area contributed by atoms with Crippen LogP contribution in [-0.4, -0.2) is 30.2 Å². The van der Waals surface area contributed by atoms with Crippen molar-refractivity contribution in [2.45, 2.75) is 31.6 Å². The van der Waals surface area contributed by atoms with Gasteiger partial charge in [-0.2, -0.15) is 0 Å². The molecular formula is C16H22N2O3. The third kappa shape index (κ3) is 5.45.